The third-order valence-corrected chi connectivity index (χ3v) is 5.01. The summed E-state index contributed by atoms with van der Waals surface area (Å²) in [6.45, 7) is 0. The largest absolute Gasteiger partial charge is 0.495 e. The molecule has 0 saturated heterocycles. The molecule has 1 saturated carbocycles. The normalized spacial score (nSPS) is 19.3. The molecule has 0 aliphatic heterocycles. The predicted molar refractivity (Wildman–Crippen MR) is 84.7 cm³/mol. The van der Waals surface area contributed by atoms with Gasteiger partial charge < -0.3 is 15.0 Å². The van der Waals surface area contributed by atoms with E-state index in [1.54, 1.807) is 7.11 Å². The van der Waals surface area contributed by atoms with Crippen molar-refractivity contribution in [3.8, 4) is 5.75 Å². The fourth-order valence-corrected chi connectivity index (χ4v) is 3.78. The van der Waals surface area contributed by atoms with Gasteiger partial charge in [-0.3, -0.25) is 0 Å². The quantitative estimate of drug-likeness (QED) is 0.900. The molecular formula is C16H25ClN2O. The molecule has 1 aromatic carbocycles. The van der Waals surface area contributed by atoms with Crippen LogP contribution in [0.5, 0.6) is 5.75 Å². The van der Waals surface area contributed by atoms with E-state index in [9.17, 15) is 0 Å². The first-order valence-electron chi connectivity index (χ1n) is 7.23. The third kappa shape index (κ3) is 2.67. The lowest BCUT2D eigenvalue weighted by molar-refractivity contribution is 0.108. The van der Waals surface area contributed by atoms with Crippen molar-refractivity contribution in [1.82, 2.24) is 10.2 Å². The first kappa shape index (κ1) is 15.6. The van der Waals surface area contributed by atoms with Crippen LogP contribution in [0.25, 0.3) is 0 Å². The summed E-state index contributed by atoms with van der Waals surface area (Å²) in [4.78, 5) is 2.38. The molecule has 112 valence electrons. The number of methoxy groups -OCH3 is 1. The van der Waals surface area contributed by atoms with Crippen molar-refractivity contribution in [3.63, 3.8) is 0 Å². The molecule has 1 N–H and O–H groups in total. The second kappa shape index (κ2) is 6.33. The van der Waals surface area contributed by atoms with Crippen molar-refractivity contribution in [1.29, 1.82) is 0 Å². The molecule has 0 heterocycles. The molecule has 2 rings (SSSR count). The van der Waals surface area contributed by atoms with Crippen molar-refractivity contribution >= 4 is 11.6 Å². The van der Waals surface area contributed by atoms with Crippen molar-refractivity contribution in [3.05, 3.63) is 28.8 Å². The van der Waals surface area contributed by atoms with Crippen LogP contribution in [-0.4, -0.2) is 38.7 Å². The Hall–Kier alpha value is -0.770. The smallest absolute Gasteiger partial charge is 0.137 e. The molecule has 3 nitrogen and oxygen atoms in total. The maximum Gasteiger partial charge on any atom is 0.137 e. The Labute approximate surface area is 127 Å². The summed E-state index contributed by atoms with van der Waals surface area (Å²) in [6, 6.07) is 6.38. The van der Waals surface area contributed by atoms with Crippen LogP contribution < -0.4 is 10.1 Å². The van der Waals surface area contributed by atoms with Gasteiger partial charge in [-0.05, 0) is 51.7 Å². The SMILES string of the molecule is CNC(c1ccc(Cl)c(OC)c1)C1(N(C)C)CCCC1. The number of halogens is 1. The molecule has 0 bridgehead atoms. The highest BCUT2D eigenvalue weighted by atomic mass is 35.5. The molecule has 20 heavy (non-hydrogen) atoms. The van der Waals surface area contributed by atoms with Gasteiger partial charge in [0.15, 0.2) is 0 Å². The van der Waals surface area contributed by atoms with Gasteiger partial charge in [0, 0.05) is 5.54 Å². The van der Waals surface area contributed by atoms with Crippen LogP contribution in [0.3, 0.4) is 0 Å². The van der Waals surface area contributed by atoms with Gasteiger partial charge in [0.1, 0.15) is 5.75 Å². The van der Waals surface area contributed by atoms with Gasteiger partial charge in [0.25, 0.3) is 0 Å². The average molecular weight is 297 g/mol. The molecule has 0 radical (unpaired) electrons. The summed E-state index contributed by atoms with van der Waals surface area (Å²) in [5, 5.41) is 4.18. The van der Waals surface area contributed by atoms with Crippen LogP contribution in [0.1, 0.15) is 37.3 Å². The van der Waals surface area contributed by atoms with E-state index in [-0.39, 0.29) is 11.6 Å². The predicted octanol–water partition coefficient (Wildman–Crippen LogP) is 3.48. The van der Waals surface area contributed by atoms with E-state index in [1.807, 2.05) is 13.1 Å². The molecule has 1 aromatic rings. The van der Waals surface area contributed by atoms with Crippen LogP contribution in [0, 0.1) is 0 Å². The Balaban J connectivity index is 2.41. The lowest BCUT2D eigenvalue weighted by Gasteiger charge is -2.43. The topological polar surface area (TPSA) is 24.5 Å². The van der Waals surface area contributed by atoms with Crippen LogP contribution >= 0.6 is 11.6 Å². The third-order valence-electron chi connectivity index (χ3n) is 4.69. The number of hydrogen-bond acceptors (Lipinski definition) is 3. The first-order chi connectivity index (χ1) is 9.55. The Kier molecular flexibility index (Phi) is 4.95. The lowest BCUT2D eigenvalue weighted by atomic mass is 9.82. The van der Waals surface area contributed by atoms with Crippen molar-refractivity contribution in [2.75, 3.05) is 28.3 Å². The van der Waals surface area contributed by atoms with Crippen LogP contribution in [0.4, 0.5) is 0 Å². The molecule has 1 atom stereocenters. The molecular weight excluding hydrogens is 272 g/mol. The standard InChI is InChI=1S/C16H25ClN2O/c1-18-15(16(19(2)3)9-5-6-10-16)12-7-8-13(17)14(11-12)20-4/h7-8,11,15,18H,5-6,9-10H2,1-4H3. The van der Waals surface area contributed by atoms with Crippen molar-refractivity contribution in [2.24, 2.45) is 0 Å². The summed E-state index contributed by atoms with van der Waals surface area (Å²) in [5.74, 6) is 0.747. The zero-order valence-electron chi connectivity index (χ0n) is 12.9. The Morgan fingerprint density at radius 3 is 2.45 bits per heavy atom. The minimum atomic E-state index is 0.174. The molecule has 1 unspecified atom stereocenters. The minimum absolute atomic E-state index is 0.174. The summed E-state index contributed by atoms with van der Waals surface area (Å²) in [5.41, 5.74) is 1.41. The van der Waals surface area contributed by atoms with E-state index in [2.05, 4.69) is 36.4 Å². The molecule has 4 heteroatoms. The van der Waals surface area contributed by atoms with Crippen molar-refractivity contribution < 1.29 is 4.74 Å². The highest BCUT2D eigenvalue weighted by Gasteiger charge is 2.43. The fraction of sp³-hybridized carbons (Fsp3) is 0.625. The Morgan fingerprint density at radius 2 is 1.95 bits per heavy atom. The van der Waals surface area contributed by atoms with Gasteiger partial charge in [0.2, 0.25) is 0 Å². The second-order valence-corrected chi connectivity index (χ2v) is 6.23. The van der Waals surface area contributed by atoms with Crippen LogP contribution in [0.15, 0.2) is 18.2 Å². The summed E-state index contributed by atoms with van der Waals surface area (Å²) >= 11 is 6.15. The summed E-state index contributed by atoms with van der Waals surface area (Å²) in [6.07, 6.45) is 5.02. The van der Waals surface area contributed by atoms with E-state index >= 15 is 0 Å². The van der Waals surface area contributed by atoms with Gasteiger partial charge in [0.05, 0.1) is 18.2 Å². The van der Waals surface area contributed by atoms with Crippen LogP contribution in [0.2, 0.25) is 5.02 Å². The lowest BCUT2D eigenvalue weighted by Crippen LogP contribution is -2.51. The maximum atomic E-state index is 6.15. The van der Waals surface area contributed by atoms with Crippen molar-refractivity contribution in [2.45, 2.75) is 37.3 Å². The highest BCUT2D eigenvalue weighted by molar-refractivity contribution is 6.32. The summed E-state index contributed by atoms with van der Waals surface area (Å²) < 4.78 is 5.36. The number of nitrogens with one attached hydrogen (secondary N) is 1. The zero-order chi connectivity index (χ0) is 14.8. The Morgan fingerprint density at radius 1 is 1.30 bits per heavy atom. The number of benzene rings is 1. The molecule has 0 aromatic heterocycles. The molecule has 0 amide bonds. The van der Waals surface area contributed by atoms with Gasteiger partial charge in [-0.15, -0.1) is 0 Å². The molecule has 0 spiro atoms. The van der Waals surface area contributed by atoms with E-state index in [4.69, 9.17) is 16.3 Å². The molecule has 1 aliphatic rings. The number of ether oxygens (including phenoxy) is 1. The second-order valence-electron chi connectivity index (χ2n) is 5.82. The number of rotatable bonds is 5. The monoisotopic (exact) mass is 296 g/mol. The number of likely N-dealkylation sites (N-methyl/N-ethyl adjacent to an activating group) is 2. The highest BCUT2D eigenvalue weighted by Crippen LogP contribution is 2.44. The van der Waals surface area contributed by atoms with Gasteiger partial charge >= 0.3 is 0 Å². The van der Waals surface area contributed by atoms with Gasteiger partial charge in [-0.25, -0.2) is 0 Å². The number of hydrogen-bond donors (Lipinski definition) is 1. The fourth-order valence-electron chi connectivity index (χ4n) is 3.58. The molecule has 1 aliphatic carbocycles. The number of nitrogens with zero attached hydrogens (tertiary/aromatic N) is 1. The van der Waals surface area contributed by atoms with E-state index in [0.717, 1.165) is 5.75 Å². The Bertz CT molecular complexity index is 456. The van der Waals surface area contributed by atoms with Gasteiger partial charge in [-0.2, -0.15) is 0 Å². The maximum absolute atomic E-state index is 6.15. The van der Waals surface area contributed by atoms with E-state index in [0.29, 0.717) is 5.02 Å². The summed E-state index contributed by atoms with van der Waals surface area (Å²) in [7, 11) is 8.07. The van der Waals surface area contributed by atoms with E-state index < -0.39 is 0 Å². The van der Waals surface area contributed by atoms with E-state index in [1.165, 1.54) is 31.2 Å². The average Bonchev–Trinajstić information content (AvgIpc) is 2.92. The van der Waals surface area contributed by atoms with Crippen LogP contribution in [-0.2, 0) is 0 Å². The molecule has 1 fully saturated rings. The first-order valence-corrected chi connectivity index (χ1v) is 7.61. The zero-order valence-corrected chi connectivity index (χ0v) is 13.6. The minimum Gasteiger partial charge on any atom is -0.495 e. The van der Waals surface area contributed by atoms with Gasteiger partial charge in [-0.1, -0.05) is 30.5 Å².